The topological polar surface area (TPSA) is 66.0 Å². The first-order valence-corrected chi connectivity index (χ1v) is 9.14. The second-order valence-corrected chi connectivity index (χ2v) is 7.25. The van der Waals surface area contributed by atoms with E-state index in [1.807, 2.05) is 32.0 Å². The second-order valence-electron chi connectivity index (χ2n) is 7.25. The first-order valence-electron chi connectivity index (χ1n) is 9.14. The summed E-state index contributed by atoms with van der Waals surface area (Å²) >= 11 is 0. The van der Waals surface area contributed by atoms with E-state index in [9.17, 15) is 28.3 Å². The fraction of sp³-hybridized carbons (Fsp3) is 0.217. The Morgan fingerprint density at radius 1 is 1.03 bits per heavy atom. The Kier molecular flexibility index (Phi) is 5.45. The molecule has 2 aromatic carbocycles. The van der Waals surface area contributed by atoms with Crippen molar-refractivity contribution < 1.29 is 18.3 Å². The molecule has 0 aliphatic heterocycles. The van der Waals surface area contributed by atoms with Crippen LogP contribution in [-0.2, 0) is 12.7 Å². The maximum atomic E-state index is 13.6. The summed E-state index contributed by atoms with van der Waals surface area (Å²) in [6.45, 7) is 5.41. The zero-order valence-electron chi connectivity index (χ0n) is 16.6. The van der Waals surface area contributed by atoms with Gasteiger partial charge in [0.1, 0.15) is 17.4 Å². The zero-order chi connectivity index (χ0) is 22.2. The minimum Gasteiger partial charge on any atom is -0.508 e. The molecule has 154 valence electrons. The van der Waals surface area contributed by atoms with E-state index in [2.05, 4.69) is 0 Å². The molecule has 0 saturated heterocycles. The molecule has 1 N–H and O–H groups in total. The molecule has 0 amide bonds. The molecule has 0 unspecified atom stereocenters. The fourth-order valence-corrected chi connectivity index (χ4v) is 3.49. The van der Waals surface area contributed by atoms with Crippen molar-refractivity contribution >= 4 is 0 Å². The Labute approximate surface area is 171 Å². The molecule has 3 rings (SSSR count). The quantitative estimate of drug-likeness (QED) is 0.652. The summed E-state index contributed by atoms with van der Waals surface area (Å²) in [5.41, 5.74) is 0.340. The van der Waals surface area contributed by atoms with Gasteiger partial charge in [-0.25, -0.2) is 0 Å². The number of halogens is 3. The molecule has 0 spiro atoms. The van der Waals surface area contributed by atoms with Crippen molar-refractivity contribution in [2.45, 2.75) is 33.5 Å². The van der Waals surface area contributed by atoms with Crippen LogP contribution in [0.5, 0.6) is 5.75 Å². The molecule has 7 heteroatoms. The Balaban J connectivity index is 2.36. The molecule has 0 saturated carbocycles. The summed E-state index contributed by atoms with van der Waals surface area (Å²) in [6, 6.07) is 12.1. The molecular weight excluding hydrogens is 393 g/mol. The molecule has 30 heavy (non-hydrogen) atoms. The van der Waals surface area contributed by atoms with Gasteiger partial charge in [0.2, 0.25) is 0 Å². The van der Waals surface area contributed by atoms with Crippen molar-refractivity contribution in [1.29, 1.82) is 5.26 Å². The first-order chi connectivity index (χ1) is 14.0. The lowest BCUT2D eigenvalue weighted by molar-refractivity contribution is -0.137. The Morgan fingerprint density at radius 2 is 1.73 bits per heavy atom. The van der Waals surface area contributed by atoms with Gasteiger partial charge >= 0.3 is 6.18 Å². The number of benzene rings is 2. The fourth-order valence-electron chi connectivity index (χ4n) is 3.49. The van der Waals surface area contributed by atoms with E-state index in [1.165, 1.54) is 28.8 Å². The van der Waals surface area contributed by atoms with E-state index in [4.69, 9.17) is 0 Å². The van der Waals surface area contributed by atoms with Crippen LogP contribution in [0.4, 0.5) is 13.2 Å². The van der Waals surface area contributed by atoms with E-state index in [0.717, 1.165) is 22.8 Å². The van der Waals surface area contributed by atoms with Crippen LogP contribution in [0.2, 0.25) is 0 Å². The van der Waals surface area contributed by atoms with Crippen LogP contribution in [0.25, 0.3) is 11.3 Å². The van der Waals surface area contributed by atoms with Gasteiger partial charge < -0.3 is 9.67 Å². The van der Waals surface area contributed by atoms with E-state index in [-0.39, 0.29) is 18.0 Å². The minimum atomic E-state index is -4.86. The summed E-state index contributed by atoms with van der Waals surface area (Å²) in [5.74, 6) is -0.0378. The van der Waals surface area contributed by atoms with Gasteiger partial charge in [0.15, 0.2) is 0 Å². The van der Waals surface area contributed by atoms with Crippen molar-refractivity contribution in [2.24, 2.45) is 0 Å². The number of rotatable bonds is 3. The molecule has 0 radical (unpaired) electrons. The maximum absolute atomic E-state index is 13.6. The predicted molar refractivity (Wildman–Crippen MR) is 107 cm³/mol. The number of aryl methyl sites for hydroxylation is 3. The third-order valence-corrected chi connectivity index (χ3v) is 5.03. The number of hydrogen-bond acceptors (Lipinski definition) is 3. The van der Waals surface area contributed by atoms with Gasteiger partial charge in [0, 0.05) is 5.56 Å². The van der Waals surface area contributed by atoms with Crippen LogP contribution in [0, 0.1) is 32.1 Å². The van der Waals surface area contributed by atoms with Crippen LogP contribution in [-0.4, -0.2) is 9.67 Å². The smallest absolute Gasteiger partial charge is 0.417 e. The van der Waals surface area contributed by atoms with Crippen LogP contribution in [0.15, 0.2) is 47.3 Å². The third kappa shape index (κ3) is 3.94. The van der Waals surface area contributed by atoms with E-state index in [0.29, 0.717) is 11.1 Å². The van der Waals surface area contributed by atoms with E-state index < -0.39 is 22.9 Å². The predicted octanol–water partition coefficient (Wildman–Crippen LogP) is 5.08. The number of phenolic OH excluding ortho intramolecular Hbond substituents is 1. The number of aromatic hydroxyl groups is 1. The van der Waals surface area contributed by atoms with Gasteiger partial charge in [-0.3, -0.25) is 4.79 Å². The average molecular weight is 412 g/mol. The SMILES string of the molecule is Cc1ccc(Cn2c(-c3ccc(O)cc3C)cc(C(F)(F)F)c(C#N)c2=O)c(C)c1. The van der Waals surface area contributed by atoms with Crippen LogP contribution in [0.1, 0.15) is 33.4 Å². The Morgan fingerprint density at radius 3 is 2.30 bits per heavy atom. The molecule has 3 aromatic rings. The first kappa shape index (κ1) is 21.2. The van der Waals surface area contributed by atoms with Gasteiger partial charge in [-0.05, 0) is 61.7 Å². The molecule has 0 bridgehead atoms. The molecule has 1 aromatic heterocycles. The van der Waals surface area contributed by atoms with Crippen LogP contribution < -0.4 is 5.56 Å². The molecule has 0 fully saturated rings. The summed E-state index contributed by atoms with van der Waals surface area (Å²) in [7, 11) is 0. The number of aromatic nitrogens is 1. The highest BCUT2D eigenvalue weighted by Crippen LogP contribution is 2.35. The third-order valence-electron chi connectivity index (χ3n) is 5.03. The highest BCUT2D eigenvalue weighted by Gasteiger charge is 2.36. The average Bonchev–Trinajstić information content (AvgIpc) is 2.64. The van der Waals surface area contributed by atoms with Crippen molar-refractivity contribution in [3.8, 4) is 23.1 Å². The lowest BCUT2D eigenvalue weighted by Gasteiger charge is -2.19. The van der Waals surface area contributed by atoms with Gasteiger partial charge in [0.25, 0.3) is 5.56 Å². The molecule has 0 aliphatic rings. The lowest BCUT2D eigenvalue weighted by atomic mass is 9.99. The van der Waals surface area contributed by atoms with E-state index in [1.54, 1.807) is 6.92 Å². The second kappa shape index (κ2) is 7.71. The number of hydrogen-bond donors (Lipinski definition) is 1. The normalized spacial score (nSPS) is 11.4. The molecular formula is C23H19F3N2O2. The van der Waals surface area contributed by atoms with Crippen molar-refractivity contribution in [3.63, 3.8) is 0 Å². The Hall–Kier alpha value is -3.53. The number of pyridine rings is 1. The minimum absolute atomic E-state index is 0.00735. The van der Waals surface area contributed by atoms with Crippen molar-refractivity contribution in [2.75, 3.05) is 0 Å². The summed E-state index contributed by atoms with van der Waals surface area (Å²) in [6.07, 6.45) is -4.86. The lowest BCUT2D eigenvalue weighted by Crippen LogP contribution is -2.29. The van der Waals surface area contributed by atoms with Crippen LogP contribution >= 0.6 is 0 Å². The molecule has 4 nitrogen and oxygen atoms in total. The largest absolute Gasteiger partial charge is 0.508 e. The standard InChI is InChI=1S/C23H19F3N2O2/c1-13-4-5-16(14(2)8-13)12-28-21(18-7-6-17(29)9-15(18)3)10-20(23(24,25)26)19(11-27)22(28)30/h4-10,29H,12H2,1-3H3. The number of alkyl halides is 3. The number of nitrogens with zero attached hydrogens (tertiary/aromatic N) is 2. The van der Waals surface area contributed by atoms with Gasteiger partial charge in [-0.15, -0.1) is 0 Å². The van der Waals surface area contributed by atoms with E-state index >= 15 is 0 Å². The highest BCUT2D eigenvalue weighted by atomic mass is 19.4. The maximum Gasteiger partial charge on any atom is 0.417 e. The molecule has 1 heterocycles. The number of phenols is 1. The van der Waals surface area contributed by atoms with Crippen LogP contribution in [0.3, 0.4) is 0 Å². The Bertz CT molecular complexity index is 1230. The summed E-state index contributed by atoms with van der Waals surface area (Å²) in [5, 5.41) is 19.0. The van der Waals surface area contributed by atoms with Crippen molar-refractivity contribution in [3.05, 3.63) is 86.2 Å². The summed E-state index contributed by atoms with van der Waals surface area (Å²) in [4.78, 5) is 13.0. The molecule has 0 atom stereocenters. The monoisotopic (exact) mass is 412 g/mol. The number of nitriles is 1. The summed E-state index contributed by atoms with van der Waals surface area (Å²) < 4.78 is 42.0. The van der Waals surface area contributed by atoms with Gasteiger partial charge in [-0.2, -0.15) is 18.4 Å². The van der Waals surface area contributed by atoms with Gasteiger partial charge in [0.05, 0.1) is 17.8 Å². The highest BCUT2D eigenvalue weighted by molar-refractivity contribution is 5.67. The zero-order valence-corrected chi connectivity index (χ0v) is 16.6. The van der Waals surface area contributed by atoms with Gasteiger partial charge in [-0.1, -0.05) is 23.8 Å². The molecule has 0 aliphatic carbocycles. The van der Waals surface area contributed by atoms with Crippen molar-refractivity contribution in [1.82, 2.24) is 4.57 Å².